The molecule has 0 unspecified atom stereocenters. The molecule has 1 amide bonds. The van der Waals surface area contributed by atoms with Crippen LogP contribution in [0.3, 0.4) is 0 Å². The Morgan fingerprint density at radius 2 is 1.67 bits per heavy atom. The molecule has 0 spiro atoms. The summed E-state index contributed by atoms with van der Waals surface area (Å²) in [5, 5.41) is 0. The van der Waals surface area contributed by atoms with Gasteiger partial charge in [0.1, 0.15) is 16.5 Å². The van der Waals surface area contributed by atoms with Crippen molar-refractivity contribution in [3.05, 3.63) is 59.9 Å². The zero-order valence-electron chi connectivity index (χ0n) is 15.7. The first-order valence-electron chi connectivity index (χ1n) is 8.85. The molecule has 0 aliphatic carbocycles. The van der Waals surface area contributed by atoms with Crippen LogP contribution in [0.5, 0.6) is 5.75 Å². The van der Waals surface area contributed by atoms with Crippen molar-refractivity contribution in [1.82, 2.24) is 4.90 Å². The van der Waals surface area contributed by atoms with Gasteiger partial charge in [-0.1, -0.05) is 26.0 Å². The van der Waals surface area contributed by atoms with Crippen molar-refractivity contribution in [2.24, 2.45) is 0 Å². The largest absolute Gasteiger partial charge is 0.379 e. The van der Waals surface area contributed by atoms with Crippen molar-refractivity contribution >= 4 is 16.0 Å². The summed E-state index contributed by atoms with van der Waals surface area (Å²) in [6.45, 7) is 6.31. The number of hydrogen-bond acceptors (Lipinski definition) is 4. The fourth-order valence-corrected chi connectivity index (χ4v) is 3.47. The first-order chi connectivity index (χ1) is 12.8. The van der Waals surface area contributed by atoms with Gasteiger partial charge in [0.15, 0.2) is 0 Å². The molecular weight excluding hydrogens is 369 g/mol. The lowest BCUT2D eigenvalue weighted by Gasteiger charge is -2.28. The molecule has 146 valence electrons. The van der Waals surface area contributed by atoms with Crippen LogP contribution < -0.4 is 4.18 Å². The molecule has 2 rings (SSSR count). The Balaban J connectivity index is 2.12. The number of hydrogen-bond donors (Lipinski definition) is 0. The molecule has 0 aliphatic heterocycles. The third-order valence-corrected chi connectivity index (χ3v) is 5.59. The van der Waals surface area contributed by atoms with Gasteiger partial charge in [0.05, 0.1) is 0 Å². The van der Waals surface area contributed by atoms with Crippen LogP contribution in [0.4, 0.5) is 4.39 Å². The average Bonchev–Trinajstić information content (AvgIpc) is 2.66. The van der Waals surface area contributed by atoms with E-state index in [4.69, 9.17) is 4.18 Å². The molecule has 0 N–H and O–H groups in total. The fraction of sp³-hybridized carbons (Fsp3) is 0.350. The zero-order chi connectivity index (χ0) is 20.0. The Kier molecular flexibility index (Phi) is 6.96. The van der Waals surface area contributed by atoms with Gasteiger partial charge >= 0.3 is 10.1 Å². The number of nitrogens with zero attached hydrogens (tertiary/aromatic N) is 1. The highest BCUT2D eigenvalue weighted by atomic mass is 32.2. The molecule has 0 heterocycles. The Hall–Kier alpha value is -2.41. The van der Waals surface area contributed by atoms with E-state index in [1.807, 2.05) is 25.7 Å². The van der Waals surface area contributed by atoms with Crippen molar-refractivity contribution in [3.63, 3.8) is 0 Å². The van der Waals surface area contributed by atoms with Gasteiger partial charge < -0.3 is 9.08 Å². The van der Waals surface area contributed by atoms with Gasteiger partial charge in [-0.05, 0) is 55.3 Å². The zero-order valence-corrected chi connectivity index (χ0v) is 16.5. The summed E-state index contributed by atoms with van der Waals surface area (Å²) in [5.74, 6) is -0.297. The van der Waals surface area contributed by atoms with Gasteiger partial charge in [-0.2, -0.15) is 8.42 Å². The van der Waals surface area contributed by atoms with Crippen LogP contribution in [0.25, 0.3) is 0 Å². The van der Waals surface area contributed by atoms with Gasteiger partial charge in [0, 0.05) is 19.0 Å². The topological polar surface area (TPSA) is 63.7 Å². The maximum absolute atomic E-state index is 13.0. The highest BCUT2D eigenvalue weighted by Crippen LogP contribution is 2.21. The second kappa shape index (κ2) is 8.99. The Labute approximate surface area is 159 Å². The lowest BCUT2D eigenvalue weighted by Crippen LogP contribution is -2.37. The van der Waals surface area contributed by atoms with Crippen LogP contribution in [0.15, 0.2) is 53.4 Å². The highest BCUT2D eigenvalue weighted by Gasteiger charge is 2.19. The third-order valence-electron chi connectivity index (χ3n) is 4.33. The molecule has 0 saturated heterocycles. The molecular formula is C20H24FNO4S. The fourth-order valence-electron chi connectivity index (χ4n) is 2.54. The summed E-state index contributed by atoms with van der Waals surface area (Å²) in [5.41, 5.74) is 0.878. The van der Waals surface area contributed by atoms with Crippen LogP contribution in [-0.2, 0) is 21.5 Å². The maximum atomic E-state index is 13.0. The smallest absolute Gasteiger partial charge is 0.339 e. The lowest BCUT2D eigenvalue weighted by molar-refractivity contribution is -0.133. The molecule has 7 heteroatoms. The highest BCUT2D eigenvalue weighted by molar-refractivity contribution is 7.87. The summed E-state index contributed by atoms with van der Waals surface area (Å²) in [7, 11) is -4.03. The van der Waals surface area contributed by atoms with Crippen molar-refractivity contribution in [3.8, 4) is 5.75 Å². The first-order valence-corrected chi connectivity index (χ1v) is 10.3. The Morgan fingerprint density at radius 3 is 2.19 bits per heavy atom. The maximum Gasteiger partial charge on any atom is 0.339 e. The molecule has 2 aromatic rings. The minimum atomic E-state index is -4.03. The Bertz CT molecular complexity index is 864. The molecule has 0 fully saturated rings. The van der Waals surface area contributed by atoms with Gasteiger partial charge in [0.25, 0.3) is 0 Å². The number of rotatable bonds is 8. The number of carbonyl (C=O) groups excluding carboxylic acids is 1. The second-order valence-electron chi connectivity index (χ2n) is 6.27. The summed E-state index contributed by atoms with van der Waals surface area (Å²) in [4.78, 5) is 13.8. The SMILES string of the molecule is CCC(=O)N(Cc1ccc(OS(=O)(=O)c2ccc(F)cc2)cc1)[C@H](C)CC. The van der Waals surface area contributed by atoms with Gasteiger partial charge in [0.2, 0.25) is 5.91 Å². The van der Waals surface area contributed by atoms with Gasteiger partial charge in [-0.25, -0.2) is 4.39 Å². The van der Waals surface area contributed by atoms with Crippen LogP contribution in [0, 0.1) is 5.82 Å². The van der Waals surface area contributed by atoms with Crippen LogP contribution in [-0.4, -0.2) is 25.3 Å². The first kappa shape index (κ1) is 20.9. The van der Waals surface area contributed by atoms with Crippen molar-refractivity contribution in [2.75, 3.05) is 0 Å². The predicted octanol–water partition coefficient (Wildman–Crippen LogP) is 4.13. The summed E-state index contributed by atoms with van der Waals surface area (Å²) in [6.07, 6.45) is 1.28. The predicted molar refractivity (Wildman–Crippen MR) is 101 cm³/mol. The van der Waals surface area contributed by atoms with E-state index in [2.05, 4.69) is 0 Å². The normalized spacial score (nSPS) is 12.4. The second-order valence-corrected chi connectivity index (χ2v) is 7.81. The van der Waals surface area contributed by atoms with E-state index in [0.717, 1.165) is 36.2 Å². The van der Waals surface area contributed by atoms with E-state index >= 15 is 0 Å². The van der Waals surface area contributed by atoms with Crippen LogP contribution in [0.2, 0.25) is 0 Å². The minimum Gasteiger partial charge on any atom is -0.379 e. The third kappa shape index (κ3) is 5.53. The van der Waals surface area contributed by atoms with E-state index in [0.29, 0.717) is 13.0 Å². The van der Waals surface area contributed by atoms with E-state index in [1.165, 1.54) is 0 Å². The molecule has 0 aromatic heterocycles. The molecule has 5 nitrogen and oxygen atoms in total. The van der Waals surface area contributed by atoms with Crippen LogP contribution in [0.1, 0.15) is 39.2 Å². The number of carbonyl (C=O) groups is 1. The van der Waals surface area contributed by atoms with Gasteiger partial charge in [-0.3, -0.25) is 4.79 Å². The molecule has 1 atom stereocenters. The summed E-state index contributed by atoms with van der Waals surface area (Å²) >= 11 is 0. The number of benzene rings is 2. The molecule has 0 saturated carbocycles. The van der Waals surface area contributed by atoms with Crippen molar-refractivity contribution in [1.29, 1.82) is 0 Å². The number of amides is 1. The molecule has 0 bridgehead atoms. The van der Waals surface area contributed by atoms with E-state index < -0.39 is 15.9 Å². The number of halogens is 1. The van der Waals surface area contributed by atoms with E-state index in [9.17, 15) is 17.6 Å². The summed E-state index contributed by atoms with van der Waals surface area (Å²) in [6, 6.07) is 11.1. The average molecular weight is 393 g/mol. The monoisotopic (exact) mass is 393 g/mol. The minimum absolute atomic E-state index is 0.0727. The quantitative estimate of drug-likeness (QED) is 0.633. The van der Waals surface area contributed by atoms with Crippen LogP contribution >= 0.6 is 0 Å². The molecule has 2 aromatic carbocycles. The lowest BCUT2D eigenvalue weighted by atomic mass is 10.1. The standard InChI is InChI=1S/C20H24FNO4S/c1-4-15(3)22(20(23)5-2)14-16-6-10-18(11-7-16)26-27(24,25)19-12-8-17(21)9-13-19/h6-13,15H,4-5,14H2,1-3H3/t15-/m1/s1. The van der Waals surface area contributed by atoms with Crippen molar-refractivity contribution < 1.29 is 21.8 Å². The molecule has 0 radical (unpaired) electrons. The van der Waals surface area contributed by atoms with E-state index in [1.54, 1.807) is 24.3 Å². The molecule has 27 heavy (non-hydrogen) atoms. The Morgan fingerprint density at radius 1 is 1.07 bits per heavy atom. The summed E-state index contributed by atoms with van der Waals surface area (Å²) < 4.78 is 42.5. The van der Waals surface area contributed by atoms with E-state index in [-0.39, 0.29) is 22.6 Å². The van der Waals surface area contributed by atoms with Crippen molar-refractivity contribution in [2.45, 2.75) is 51.1 Å². The van der Waals surface area contributed by atoms with Gasteiger partial charge in [-0.15, -0.1) is 0 Å². The molecule has 0 aliphatic rings.